The lowest BCUT2D eigenvalue weighted by Gasteiger charge is -2.32. The fraction of sp³-hybridized carbons (Fsp3) is 0.333. The minimum atomic E-state index is -0.0228. The maximum Gasteiger partial charge on any atom is 0.246 e. The molecule has 1 amide bonds. The number of hydrogen-bond donors (Lipinski definition) is 2. The van der Waals surface area contributed by atoms with Gasteiger partial charge in [0.15, 0.2) is 5.82 Å². The fourth-order valence-electron chi connectivity index (χ4n) is 3.66. The van der Waals surface area contributed by atoms with Gasteiger partial charge in [-0.3, -0.25) is 9.78 Å². The number of aryl methyl sites for hydroxylation is 2. The molecule has 1 saturated heterocycles. The third-order valence-corrected chi connectivity index (χ3v) is 4.98. The summed E-state index contributed by atoms with van der Waals surface area (Å²) < 4.78 is 0. The van der Waals surface area contributed by atoms with Gasteiger partial charge < -0.3 is 15.2 Å². The van der Waals surface area contributed by atoms with Crippen molar-refractivity contribution in [2.75, 3.05) is 18.4 Å². The van der Waals surface area contributed by atoms with Gasteiger partial charge in [0, 0.05) is 48.9 Å². The summed E-state index contributed by atoms with van der Waals surface area (Å²) in [7, 11) is 0. The molecule has 2 N–H and O–H groups in total. The smallest absolute Gasteiger partial charge is 0.246 e. The van der Waals surface area contributed by atoms with Crippen LogP contribution in [0.5, 0.6) is 0 Å². The Balaban J connectivity index is 1.50. The third kappa shape index (κ3) is 4.68. The molecule has 1 atom stereocenters. The number of aromatic nitrogens is 6. The van der Waals surface area contributed by atoms with Crippen molar-refractivity contribution >= 4 is 23.7 Å². The van der Waals surface area contributed by atoms with Gasteiger partial charge >= 0.3 is 0 Å². The van der Waals surface area contributed by atoms with Gasteiger partial charge in [0.05, 0.1) is 23.9 Å². The zero-order valence-electron chi connectivity index (χ0n) is 17.0. The van der Waals surface area contributed by atoms with Gasteiger partial charge in [0.1, 0.15) is 0 Å². The first-order valence-electron chi connectivity index (χ1n) is 9.94. The number of piperidine rings is 1. The molecule has 0 radical (unpaired) electrons. The van der Waals surface area contributed by atoms with Crippen LogP contribution in [0.15, 0.2) is 37.1 Å². The largest absolute Gasteiger partial charge is 0.345 e. The molecule has 9 nitrogen and oxygen atoms in total. The van der Waals surface area contributed by atoms with E-state index in [1.807, 2.05) is 24.8 Å². The maximum atomic E-state index is 12.7. The number of aromatic amines is 1. The van der Waals surface area contributed by atoms with Crippen LogP contribution in [0.4, 0.5) is 11.8 Å². The molecule has 1 unspecified atom stereocenters. The Morgan fingerprint density at radius 1 is 1.23 bits per heavy atom. The average Bonchev–Trinajstić information content (AvgIpc) is 3.25. The van der Waals surface area contributed by atoms with Crippen molar-refractivity contribution in [3.63, 3.8) is 0 Å². The lowest BCUT2D eigenvalue weighted by molar-refractivity contribution is -0.127. The van der Waals surface area contributed by atoms with Crippen LogP contribution in [-0.4, -0.2) is 53.8 Å². The zero-order chi connectivity index (χ0) is 20.9. The van der Waals surface area contributed by atoms with Crippen molar-refractivity contribution in [2.45, 2.75) is 32.6 Å². The van der Waals surface area contributed by atoms with E-state index in [0.717, 1.165) is 42.2 Å². The SMILES string of the molecule is Cc1cc(C)nc(Nc2nccnc2C2CCCN(C(=O)/C=C/c3cnc[nH]3)C2)n1. The molecule has 0 spiro atoms. The van der Waals surface area contributed by atoms with E-state index in [0.29, 0.717) is 18.3 Å². The van der Waals surface area contributed by atoms with E-state index in [2.05, 4.69) is 35.2 Å². The van der Waals surface area contributed by atoms with Crippen LogP contribution in [0.3, 0.4) is 0 Å². The summed E-state index contributed by atoms with van der Waals surface area (Å²) >= 11 is 0. The van der Waals surface area contributed by atoms with Gasteiger partial charge in [0.25, 0.3) is 0 Å². The highest BCUT2D eigenvalue weighted by molar-refractivity contribution is 5.91. The topological polar surface area (TPSA) is 113 Å². The predicted octanol–water partition coefficient (Wildman–Crippen LogP) is 2.77. The first-order chi connectivity index (χ1) is 14.6. The van der Waals surface area contributed by atoms with Gasteiger partial charge in [-0.2, -0.15) is 0 Å². The number of carbonyl (C=O) groups is 1. The lowest BCUT2D eigenvalue weighted by atomic mass is 9.94. The van der Waals surface area contributed by atoms with E-state index in [1.165, 1.54) is 0 Å². The molecule has 1 aliphatic heterocycles. The average molecular weight is 404 g/mol. The molecule has 1 aliphatic rings. The highest BCUT2D eigenvalue weighted by Gasteiger charge is 2.27. The summed E-state index contributed by atoms with van der Waals surface area (Å²) in [6.45, 7) is 5.18. The molecule has 4 heterocycles. The quantitative estimate of drug-likeness (QED) is 0.629. The number of H-pyrrole nitrogens is 1. The number of nitrogens with zero attached hydrogens (tertiary/aromatic N) is 6. The Morgan fingerprint density at radius 2 is 2.03 bits per heavy atom. The van der Waals surface area contributed by atoms with Crippen molar-refractivity contribution in [3.05, 3.63) is 59.8 Å². The van der Waals surface area contributed by atoms with E-state index in [9.17, 15) is 4.79 Å². The summed E-state index contributed by atoms with van der Waals surface area (Å²) in [5.74, 6) is 1.20. The maximum absolute atomic E-state index is 12.7. The van der Waals surface area contributed by atoms with Crippen LogP contribution in [0, 0.1) is 13.8 Å². The van der Waals surface area contributed by atoms with Gasteiger partial charge in [-0.05, 0) is 38.8 Å². The number of rotatable bonds is 5. The number of anilines is 2. The number of likely N-dealkylation sites (tertiary alicyclic amines) is 1. The molecule has 0 bridgehead atoms. The third-order valence-electron chi connectivity index (χ3n) is 4.98. The molecule has 9 heteroatoms. The van der Waals surface area contributed by atoms with E-state index < -0.39 is 0 Å². The predicted molar refractivity (Wildman–Crippen MR) is 113 cm³/mol. The fourth-order valence-corrected chi connectivity index (χ4v) is 3.66. The Labute approximate surface area is 174 Å². The van der Waals surface area contributed by atoms with Gasteiger partial charge in [0.2, 0.25) is 11.9 Å². The summed E-state index contributed by atoms with van der Waals surface area (Å²) in [5.41, 5.74) is 3.39. The highest BCUT2D eigenvalue weighted by atomic mass is 16.2. The monoisotopic (exact) mass is 404 g/mol. The first-order valence-corrected chi connectivity index (χ1v) is 9.94. The number of hydrogen-bond acceptors (Lipinski definition) is 7. The normalized spacial score (nSPS) is 16.7. The molecular formula is C21H24N8O. The second-order valence-electron chi connectivity index (χ2n) is 7.35. The molecule has 3 aromatic rings. The standard InChI is InChI=1S/C21H24N8O/c1-14-10-15(2)27-21(26-14)28-20-19(23-7-8-24-20)16-4-3-9-29(12-16)18(30)6-5-17-11-22-13-25-17/h5-8,10-11,13,16H,3-4,9,12H2,1-2H3,(H,22,25)(H,24,26,27,28)/b6-5+. The molecule has 154 valence electrons. The zero-order valence-corrected chi connectivity index (χ0v) is 17.0. The summed E-state index contributed by atoms with van der Waals surface area (Å²) in [5, 5.41) is 3.21. The van der Waals surface area contributed by atoms with Crippen molar-refractivity contribution < 1.29 is 4.79 Å². The molecule has 1 fully saturated rings. The highest BCUT2D eigenvalue weighted by Crippen LogP contribution is 2.30. The van der Waals surface area contributed by atoms with E-state index in [4.69, 9.17) is 0 Å². The Kier molecular flexibility index (Phi) is 5.78. The first kappa shape index (κ1) is 19.7. The Bertz CT molecular complexity index is 1030. The number of nitrogens with one attached hydrogen (secondary N) is 2. The molecule has 0 aromatic carbocycles. The minimum absolute atomic E-state index is 0.0228. The summed E-state index contributed by atoms with van der Waals surface area (Å²) in [6, 6.07) is 1.92. The second kappa shape index (κ2) is 8.81. The Morgan fingerprint density at radius 3 is 2.80 bits per heavy atom. The van der Waals surface area contributed by atoms with Crippen LogP contribution in [-0.2, 0) is 4.79 Å². The molecular weight excluding hydrogens is 380 g/mol. The van der Waals surface area contributed by atoms with E-state index in [1.54, 1.807) is 37.1 Å². The van der Waals surface area contributed by atoms with Crippen LogP contribution in [0.25, 0.3) is 6.08 Å². The summed E-state index contributed by atoms with van der Waals surface area (Å²) in [6.07, 6.45) is 11.8. The van der Waals surface area contributed by atoms with Gasteiger partial charge in [-0.25, -0.2) is 19.9 Å². The second-order valence-corrected chi connectivity index (χ2v) is 7.35. The van der Waals surface area contributed by atoms with E-state index in [-0.39, 0.29) is 11.8 Å². The van der Waals surface area contributed by atoms with E-state index >= 15 is 0 Å². The molecule has 30 heavy (non-hydrogen) atoms. The van der Waals surface area contributed by atoms with Crippen molar-refractivity contribution in [1.82, 2.24) is 34.8 Å². The van der Waals surface area contributed by atoms with Crippen LogP contribution >= 0.6 is 0 Å². The Hall–Kier alpha value is -3.62. The van der Waals surface area contributed by atoms with Crippen LogP contribution < -0.4 is 5.32 Å². The lowest BCUT2D eigenvalue weighted by Crippen LogP contribution is -2.38. The van der Waals surface area contributed by atoms with Crippen molar-refractivity contribution in [2.24, 2.45) is 0 Å². The number of amides is 1. The molecule has 0 aliphatic carbocycles. The molecule has 0 saturated carbocycles. The van der Waals surface area contributed by atoms with Crippen molar-refractivity contribution in [1.29, 1.82) is 0 Å². The number of imidazole rings is 1. The van der Waals surface area contributed by atoms with Gasteiger partial charge in [-0.15, -0.1) is 0 Å². The van der Waals surface area contributed by atoms with Crippen LogP contribution in [0.2, 0.25) is 0 Å². The van der Waals surface area contributed by atoms with Crippen molar-refractivity contribution in [3.8, 4) is 0 Å². The van der Waals surface area contributed by atoms with Gasteiger partial charge in [-0.1, -0.05) is 0 Å². The molecule has 4 rings (SSSR count). The minimum Gasteiger partial charge on any atom is -0.345 e. The molecule has 3 aromatic heterocycles. The van der Waals surface area contributed by atoms with Crippen LogP contribution in [0.1, 0.15) is 41.5 Å². The number of carbonyl (C=O) groups excluding carboxylic acids is 1. The summed E-state index contributed by atoms with van der Waals surface area (Å²) in [4.78, 5) is 39.3.